The Morgan fingerprint density at radius 1 is 1.20 bits per heavy atom. The second-order valence-electron chi connectivity index (χ2n) is 2.81. The van der Waals surface area contributed by atoms with E-state index in [2.05, 4.69) is 39.1 Å². The first-order chi connectivity index (χ1) is 4.62. The summed E-state index contributed by atoms with van der Waals surface area (Å²) < 4.78 is 0.393. The zero-order valence-electron chi connectivity index (χ0n) is 6.63. The van der Waals surface area contributed by atoms with Gasteiger partial charge in [0.05, 0.1) is 0 Å². The molecule has 0 aliphatic rings. The lowest BCUT2D eigenvalue weighted by molar-refractivity contribution is 0.693. The summed E-state index contributed by atoms with van der Waals surface area (Å²) in [5.41, 5.74) is 0. The molecule has 0 amide bonds. The van der Waals surface area contributed by atoms with E-state index < -0.39 is 0 Å². The molecule has 0 aromatic carbocycles. The predicted octanol–water partition coefficient (Wildman–Crippen LogP) is 2.75. The molecule has 0 radical (unpaired) electrons. The summed E-state index contributed by atoms with van der Waals surface area (Å²) in [5.74, 6) is 3.09. The van der Waals surface area contributed by atoms with Crippen LogP contribution in [0.25, 0.3) is 0 Å². The van der Waals surface area contributed by atoms with Crippen molar-refractivity contribution < 1.29 is 0 Å². The molecule has 0 spiro atoms. The van der Waals surface area contributed by atoms with Gasteiger partial charge in [-0.15, -0.1) is 0 Å². The van der Waals surface area contributed by atoms with Crippen molar-refractivity contribution in [1.82, 2.24) is 0 Å². The van der Waals surface area contributed by atoms with Gasteiger partial charge in [-0.25, -0.2) is 0 Å². The summed E-state index contributed by atoms with van der Waals surface area (Å²) in [6.45, 7) is 4.52. The number of hydrogen-bond donors (Lipinski definition) is 2. The highest BCUT2D eigenvalue weighted by molar-refractivity contribution is 8.01. The number of thiol groups is 2. The Hall–Kier alpha value is 1.05. The first-order valence-electron chi connectivity index (χ1n) is 3.48. The molecule has 0 atom stereocenters. The van der Waals surface area contributed by atoms with Crippen molar-refractivity contribution in [3.8, 4) is 0 Å². The molecule has 0 rings (SSSR count). The van der Waals surface area contributed by atoms with Crippen molar-refractivity contribution in [3.63, 3.8) is 0 Å². The zero-order chi connectivity index (χ0) is 8.04. The summed E-state index contributed by atoms with van der Waals surface area (Å²) in [6, 6.07) is 0. The highest BCUT2D eigenvalue weighted by Crippen LogP contribution is 2.27. The molecule has 0 saturated heterocycles. The SMILES string of the molecule is CC(C)(CCS)SCCS. The molecule has 0 fully saturated rings. The highest BCUT2D eigenvalue weighted by Gasteiger charge is 2.15. The van der Waals surface area contributed by atoms with Crippen molar-refractivity contribution in [2.45, 2.75) is 25.0 Å². The Labute approximate surface area is 79.4 Å². The Morgan fingerprint density at radius 2 is 1.80 bits per heavy atom. The van der Waals surface area contributed by atoms with Crippen LogP contribution < -0.4 is 0 Å². The van der Waals surface area contributed by atoms with E-state index in [1.165, 1.54) is 6.42 Å². The van der Waals surface area contributed by atoms with E-state index in [-0.39, 0.29) is 0 Å². The number of rotatable bonds is 5. The molecule has 0 aromatic heterocycles. The highest BCUT2D eigenvalue weighted by atomic mass is 32.2. The molecule has 0 bridgehead atoms. The largest absolute Gasteiger partial charge is 0.179 e. The average Bonchev–Trinajstić information content (AvgIpc) is 1.84. The molecule has 0 aromatic rings. The summed E-state index contributed by atoms with van der Waals surface area (Å²) in [7, 11) is 0. The topological polar surface area (TPSA) is 0 Å². The van der Waals surface area contributed by atoms with Gasteiger partial charge in [0, 0.05) is 10.5 Å². The van der Waals surface area contributed by atoms with Gasteiger partial charge in [0.1, 0.15) is 0 Å². The molecule has 3 heteroatoms. The molecule has 10 heavy (non-hydrogen) atoms. The van der Waals surface area contributed by atoms with E-state index in [0.717, 1.165) is 17.3 Å². The molecule has 0 heterocycles. The maximum atomic E-state index is 4.20. The van der Waals surface area contributed by atoms with Gasteiger partial charge < -0.3 is 0 Å². The summed E-state index contributed by atoms with van der Waals surface area (Å²) in [4.78, 5) is 0. The Bertz CT molecular complexity index is 80.9. The lowest BCUT2D eigenvalue weighted by atomic mass is 10.1. The van der Waals surface area contributed by atoms with Crippen LogP contribution in [-0.4, -0.2) is 22.0 Å². The second kappa shape index (κ2) is 5.67. The minimum absolute atomic E-state index is 0.393. The van der Waals surface area contributed by atoms with E-state index in [9.17, 15) is 0 Å². The zero-order valence-corrected chi connectivity index (χ0v) is 9.24. The van der Waals surface area contributed by atoms with Crippen LogP contribution in [0.5, 0.6) is 0 Å². The van der Waals surface area contributed by atoms with E-state index in [0.29, 0.717) is 4.75 Å². The van der Waals surface area contributed by atoms with Gasteiger partial charge in [0.2, 0.25) is 0 Å². The molecule has 0 unspecified atom stereocenters. The second-order valence-corrected chi connectivity index (χ2v) is 5.50. The number of thioether (sulfide) groups is 1. The van der Waals surface area contributed by atoms with E-state index in [4.69, 9.17) is 0 Å². The van der Waals surface area contributed by atoms with Gasteiger partial charge in [-0.2, -0.15) is 37.0 Å². The van der Waals surface area contributed by atoms with Crippen molar-refractivity contribution >= 4 is 37.0 Å². The van der Waals surface area contributed by atoms with Crippen LogP contribution in [0.2, 0.25) is 0 Å². The minimum atomic E-state index is 0.393. The van der Waals surface area contributed by atoms with Crippen LogP contribution in [0, 0.1) is 0 Å². The normalized spacial score (nSPS) is 12.0. The number of hydrogen-bond acceptors (Lipinski definition) is 3. The van der Waals surface area contributed by atoms with Gasteiger partial charge in [-0.3, -0.25) is 0 Å². The van der Waals surface area contributed by atoms with Crippen LogP contribution in [0.15, 0.2) is 0 Å². The third-order valence-electron chi connectivity index (χ3n) is 1.30. The first-order valence-corrected chi connectivity index (χ1v) is 5.73. The quantitative estimate of drug-likeness (QED) is 0.638. The fraction of sp³-hybridized carbons (Fsp3) is 1.00. The average molecular weight is 196 g/mol. The summed E-state index contributed by atoms with van der Waals surface area (Å²) in [5, 5.41) is 0. The smallest absolute Gasteiger partial charge is 0.0111 e. The minimum Gasteiger partial charge on any atom is -0.179 e. The van der Waals surface area contributed by atoms with Crippen LogP contribution in [0.3, 0.4) is 0 Å². The van der Waals surface area contributed by atoms with Gasteiger partial charge in [0.15, 0.2) is 0 Å². The molecular weight excluding hydrogens is 180 g/mol. The molecule has 0 N–H and O–H groups in total. The fourth-order valence-electron chi connectivity index (χ4n) is 0.663. The molecule has 0 aliphatic carbocycles. The van der Waals surface area contributed by atoms with Gasteiger partial charge in [-0.05, 0) is 17.9 Å². The van der Waals surface area contributed by atoms with Crippen LogP contribution in [-0.2, 0) is 0 Å². The third-order valence-corrected chi connectivity index (χ3v) is 3.44. The molecule has 0 nitrogen and oxygen atoms in total. The van der Waals surface area contributed by atoms with Crippen LogP contribution in [0.1, 0.15) is 20.3 Å². The summed E-state index contributed by atoms with van der Waals surface area (Å²) in [6.07, 6.45) is 1.18. The lowest BCUT2D eigenvalue weighted by Gasteiger charge is -2.22. The van der Waals surface area contributed by atoms with Gasteiger partial charge in [-0.1, -0.05) is 13.8 Å². The van der Waals surface area contributed by atoms with Crippen LogP contribution >= 0.6 is 37.0 Å². The Morgan fingerprint density at radius 3 is 2.20 bits per heavy atom. The Kier molecular flexibility index (Phi) is 6.26. The lowest BCUT2D eigenvalue weighted by Crippen LogP contribution is -2.16. The summed E-state index contributed by atoms with van der Waals surface area (Å²) >= 11 is 10.3. The monoisotopic (exact) mass is 196 g/mol. The van der Waals surface area contributed by atoms with Crippen molar-refractivity contribution in [2.24, 2.45) is 0 Å². The Balaban J connectivity index is 3.42. The van der Waals surface area contributed by atoms with E-state index in [1.54, 1.807) is 0 Å². The van der Waals surface area contributed by atoms with Gasteiger partial charge >= 0.3 is 0 Å². The maximum absolute atomic E-state index is 4.20. The van der Waals surface area contributed by atoms with Crippen molar-refractivity contribution in [1.29, 1.82) is 0 Å². The third kappa shape index (κ3) is 5.81. The first kappa shape index (κ1) is 11.1. The molecule has 0 saturated carbocycles. The fourth-order valence-corrected chi connectivity index (χ4v) is 2.54. The standard InChI is InChI=1S/C7H16S3/c1-7(2,3-4-8)10-6-5-9/h8-9H,3-6H2,1-2H3. The van der Waals surface area contributed by atoms with Crippen molar-refractivity contribution in [2.75, 3.05) is 17.3 Å². The van der Waals surface area contributed by atoms with Crippen LogP contribution in [0.4, 0.5) is 0 Å². The molecule has 0 aliphatic heterocycles. The maximum Gasteiger partial charge on any atom is 0.0111 e. The predicted molar refractivity (Wildman–Crippen MR) is 58.9 cm³/mol. The van der Waals surface area contributed by atoms with E-state index in [1.807, 2.05) is 11.8 Å². The van der Waals surface area contributed by atoms with E-state index >= 15 is 0 Å². The molecule has 62 valence electrons. The molecular formula is C7H16S3. The van der Waals surface area contributed by atoms with Crippen molar-refractivity contribution in [3.05, 3.63) is 0 Å². The van der Waals surface area contributed by atoms with Gasteiger partial charge in [0.25, 0.3) is 0 Å².